The second-order valence-corrected chi connectivity index (χ2v) is 9.43. The van der Waals surface area contributed by atoms with E-state index in [1.54, 1.807) is 32.1 Å². The van der Waals surface area contributed by atoms with E-state index in [1.165, 1.54) is 9.88 Å². The molecule has 31 heavy (non-hydrogen) atoms. The van der Waals surface area contributed by atoms with Crippen LogP contribution >= 0.6 is 11.3 Å². The number of hydrogen-bond acceptors (Lipinski definition) is 6. The Balaban J connectivity index is 1.47. The molecule has 0 aliphatic carbocycles. The molecule has 7 nitrogen and oxygen atoms in total. The van der Waals surface area contributed by atoms with Gasteiger partial charge in [0.2, 0.25) is 5.91 Å². The van der Waals surface area contributed by atoms with E-state index in [0.717, 1.165) is 37.3 Å². The molecule has 0 unspecified atom stereocenters. The topological polar surface area (TPSA) is 82.7 Å². The van der Waals surface area contributed by atoms with E-state index in [0.29, 0.717) is 0 Å². The van der Waals surface area contributed by atoms with E-state index >= 15 is 0 Å². The summed E-state index contributed by atoms with van der Waals surface area (Å²) < 4.78 is 5.08. The summed E-state index contributed by atoms with van der Waals surface area (Å²) in [6, 6.07) is 12.1. The molecule has 1 aliphatic heterocycles. The molecule has 2 heterocycles. The average molecular weight is 443 g/mol. The van der Waals surface area contributed by atoms with Gasteiger partial charge in [0.1, 0.15) is 5.60 Å². The zero-order valence-electron chi connectivity index (χ0n) is 18.2. The van der Waals surface area contributed by atoms with Crippen LogP contribution in [-0.4, -0.2) is 43.8 Å². The van der Waals surface area contributed by atoms with Crippen LogP contribution in [0.4, 0.5) is 9.80 Å². The Morgan fingerprint density at radius 3 is 2.45 bits per heavy atom. The van der Waals surface area contributed by atoms with Crippen LogP contribution < -0.4 is 21.1 Å². The van der Waals surface area contributed by atoms with Crippen LogP contribution in [0, 0.1) is 0 Å². The Kier molecular flexibility index (Phi) is 7.70. The van der Waals surface area contributed by atoms with Crippen molar-refractivity contribution >= 4 is 40.5 Å². The van der Waals surface area contributed by atoms with Gasteiger partial charge in [0.05, 0.1) is 11.4 Å². The van der Waals surface area contributed by atoms with E-state index < -0.39 is 11.7 Å². The fourth-order valence-corrected chi connectivity index (χ4v) is 4.03. The number of amides is 2. The standard InChI is InChI=1S/C23H30N4O3S/c1-23(2,3)30-22(29)26-25-20(28)16-18-6-4-17(5-7-18)8-9-19-10-11-21(31-19)27-14-12-24-13-15-27/h4-11,24H,12-16H2,1-3H3,(H,25,28)(H,26,29). The lowest BCUT2D eigenvalue weighted by Crippen LogP contribution is -2.44. The number of hydrogen-bond donors (Lipinski definition) is 3. The van der Waals surface area contributed by atoms with Crippen LogP contribution in [0.1, 0.15) is 36.8 Å². The van der Waals surface area contributed by atoms with Gasteiger partial charge in [0.25, 0.3) is 0 Å². The number of thiophene rings is 1. The van der Waals surface area contributed by atoms with Gasteiger partial charge < -0.3 is 15.0 Å². The maximum absolute atomic E-state index is 12.0. The SMILES string of the molecule is CC(C)(C)OC(=O)NNC(=O)Cc1ccc(C=Cc2ccc(N3CCNCC3)s2)cc1. The highest BCUT2D eigenvalue weighted by atomic mass is 32.1. The van der Waals surface area contributed by atoms with Crippen LogP contribution in [0.5, 0.6) is 0 Å². The molecule has 1 fully saturated rings. The van der Waals surface area contributed by atoms with Crippen LogP contribution in [0.2, 0.25) is 0 Å². The lowest BCUT2D eigenvalue weighted by molar-refractivity contribution is -0.121. The van der Waals surface area contributed by atoms with Gasteiger partial charge >= 0.3 is 6.09 Å². The molecule has 0 radical (unpaired) electrons. The monoisotopic (exact) mass is 442 g/mol. The average Bonchev–Trinajstić information content (AvgIpc) is 3.20. The first-order chi connectivity index (χ1) is 14.8. The number of piperazine rings is 1. The number of hydrazine groups is 1. The number of nitrogens with zero attached hydrogens (tertiary/aromatic N) is 1. The smallest absolute Gasteiger partial charge is 0.426 e. The Morgan fingerprint density at radius 2 is 1.77 bits per heavy atom. The molecule has 1 aliphatic rings. The highest BCUT2D eigenvalue weighted by Gasteiger charge is 2.16. The molecule has 3 rings (SSSR count). The predicted octanol–water partition coefficient (Wildman–Crippen LogP) is 3.43. The minimum atomic E-state index is -0.685. The second-order valence-electron chi connectivity index (χ2n) is 8.34. The first-order valence-corrected chi connectivity index (χ1v) is 11.2. The van der Waals surface area contributed by atoms with Gasteiger partial charge in [-0.05, 0) is 50.1 Å². The van der Waals surface area contributed by atoms with Crippen LogP contribution in [0.15, 0.2) is 36.4 Å². The summed E-state index contributed by atoms with van der Waals surface area (Å²) >= 11 is 1.79. The zero-order chi connectivity index (χ0) is 22.3. The number of rotatable bonds is 5. The minimum absolute atomic E-state index is 0.165. The number of carbonyl (C=O) groups excluding carboxylic acids is 2. The lowest BCUT2D eigenvalue weighted by atomic mass is 10.1. The third-order valence-corrected chi connectivity index (χ3v) is 5.64. The van der Waals surface area contributed by atoms with Crippen molar-refractivity contribution in [2.24, 2.45) is 0 Å². The molecule has 166 valence electrons. The zero-order valence-corrected chi connectivity index (χ0v) is 19.1. The van der Waals surface area contributed by atoms with Gasteiger partial charge in [0, 0.05) is 31.1 Å². The van der Waals surface area contributed by atoms with E-state index in [-0.39, 0.29) is 12.3 Å². The summed E-state index contributed by atoms with van der Waals surface area (Å²) in [5, 5.41) is 4.68. The summed E-state index contributed by atoms with van der Waals surface area (Å²) in [4.78, 5) is 27.2. The molecule has 8 heteroatoms. The van der Waals surface area contributed by atoms with E-state index in [1.807, 2.05) is 24.3 Å². The first-order valence-electron chi connectivity index (χ1n) is 10.4. The van der Waals surface area contributed by atoms with Gasteiger partial charge in [0.15, 0.2) is 0 Å². The van der Waals surface area contributed by atoms with Crippen LogP contribution in [0.25, 0.3) is 12.2 Å². The van der Waals surface area contributed by atoms with Gasteiger partial charge in [-0.2, -0.15) is 0 Å². The van der Waals surface area contributed by atoms with Crippen LogP contribution in [0.3, 0.4) is 0 Å². The maximum atomic E-state index is 12.0. The first kappa shape index (κ1) is 22.8. The van der Waals surface area contributed by atoms with E-state index in [2.05, 4.69) is 45.4 Å². The quantitative estimate of drug-likeness (QED) is 0.618. The maximum Gasteiger partial charge on any atom is 0.426 e. The van der Waals surface area contributed by atoms with Gasteiger partial charge in [-0.25, -0.2) is 10.2 Å². The minimum Gasteiger partial charge on any atom is -0.443 e. The Hall–Kier alpha value is -2.84. The number of anilines is 1. The van der Waals surface area contributed by atoms with Crippen molar-refractivity contribution in [3.8, 4) is 0 Å². The highest BCUT2D eigenvalue weighted by Crippen LogP contribution is 2.27. The van der Waals surface area contributed by atoms with E-state index in [4.69, 9.17) is 4.74 Å². The molecule has 0 bridgehead atoms. The predicted molar refractivity (Wildman–Crippen MR) is 126 cm³/mol. The summed E-state index contributed by atoms with van der Waals surface area (Å²) in [6.45, 7) is 9.43. The van der Waals surface area contributed by atoms with E-state index in [9.17, 15) is 9.59 Å². The second kappa shape index (κ2) is 10.5. The van der Waals surface area contributed by atoms with Gasteiger partial charge in [-0.15, -0.1) is 11.3 Å². The molecular weight excluding hydrogens is 412 g/mol. The van der Waals surface area contributed by atoms with Crippen molar-refractivity contribution in [2.45, 2.75) is 32.8 Å². The molecule has 2 amide bonds. The highest BCUT2D eigenvalue weighted by molar-refractivity contribution is 7.17. The molecule has 0 spiro atoms. The van der Waals surface area contributed by atoms with Crippen LogP contribution in [-0.2, 0) is 16.0 Å². The number of ether oxygens (including phenoxy) is 1. The fraction of sp³-hybridized carbons (Fsp3) is 0.391. The van der Waals surface area contributed by atoms with Crippen molar-refractivity contribution in [2.75, 3.05) is 31.1 Å². The molecule has 0 atom stereocenters. The van der Waals surface area contributed by atoms with Crippen molar-refractivity contribution < 1.29 is 14.3 Å². The Bertz CT molecular complexity index is 910. The van der Waals surface area contributed by atoms with Crippen molar-refractivity contribution in [1.29, 1.82) is 0 Å². The summed E-state index contributed by atoms with van der Waals surface area (Å²) in [7, 11) is 0. The summed E-state index contributed by atoms with van der Waals surface area (Å²) in [6.07, 6.45) is 3.66. The fourth-order valence-electron chi connectivity index (χ4n) is 3.07. The third kappa shape index (κ3) is 7.73. The Labute approximate surface area is 187 Å². The molecule has 0 saturated carbocycles. The molecular formula is C23H30N4O3S. The summed E-state index contributed by atoms with van der Waals surface area (Å²) in [5.74, 6) is -0.312. The number of carbonyl (C=O) groups is 2. The lowest BCUT2D eigenvalue weighted by Gasteiger charge is -2.27. The number of benzene rings is 1. The Morgan fingerprint density at radius 1 is 1.06 bits per heavy atom. The molecule has 3 N–H and O–H groups in total. The molecule has 1 aromatic heterocycles. The number of nitrogens with one attached hydrogen (secondary N) is 3. The normalized spacial score (nSPS) is 14.5. The molecule has 1 saturated heterocycles. The molecule has 1 aromatic carbocycles. The van der Waals surface area contributed by atoms with Crippen molar-refractivity contribution in [1.82, 2.24) is 16.2 Å². The largest absolute Gasteiger partial charge is 0.443 e. The molecule has 2 aromatic rings. The van der Waals surface area contributed by atoms with Gasteiger partial charge in [-0.3, -0.25) is 10.2 Å². The summed E-state index contributed by atoms with van der Waals surface area (Å²) in [5.41, 5.74) is 5.92. The van der Waals surface area contributed by atoms with Gasteiger partial charge in [-0.1, -0.05) is 30.3 Å². The van der Waals surface area contributed by atoms with Crippen molar-refractivity contribution in [3.63, 3.8) is 0 Å². The third-order valence-electron chi connectivity index (χ3n) is 4.53. The van der Waals surface area contributed by atoms with Crippen molar-refractivity contribution in [3.05, 3.63) is 52.4 Å².